The van der Waals surface area contributed by atoms with Gasteiger partial charge in [0.2, 0.25) is 0 Å². The Hall–Kier alpha value is -2.77. The maximum atomic E-state index is 13.4. The molecule has 0 saturated heterocycles. The van der Waals surface area contributed by atoms with E-state index in [-0.39, 0.29) is 17.1 Å². The van der Waals surface area contributed by atoms with Crippen molar-refractivity contribution < 1.29 is 22.5 Å². The van der Waals surface area contributed by atoms with Crippen LogP contribution in [-0.4, -0.2) is 20.9 Å². The molecule has 0 radical (unpaired) electrons. The third-order valence-electron chi connectivity index (χ3n) is 3.89. The van der Waals surface area contributed by atoms with Crippen LogP contribution < -0.4 is 0 Å². The van der Waals surface area contributed by atoms with Gasteiger partial charge in [-0.3, -0.25) is 4.79 Å². The van der Waals surface area contributed by atoms with Crippen LogP contribution >= 0.6 is 0 Å². The summed E-state index contributed by atoms with van der Waals surface area (Å²) in [5.74, 6) is -0.390. The quantitative estimate of drug-likeness (QED) is 0.683. The summed E-state index contributed by atoms with van der Waals surface area (Å²) in [5, 5.41) is 3.93. The summed E-state index contributed by atoms with van der Waals surface area (Å²) in [4.78, 5) is 20.1. The number of carbonyl (C=O) groups is 1. The van der Waals surface area contributed by atoms with Crippen LogP contribution in [-0.2, 0) is 6.18 Å². The van der Waals surface area contributed by atoms with Crippen LogP contribution in [0.15, 0.2) is 35.1 Å². The lowest BCUT2D eigenvalue weighted by molar-refractivity contribution is -0.141. The van der Waals surface area contributed by atoms with Crippen molar-refractivity contribution in [3.8, 4) is 0 Å². The average Bonchev–Trinajstić information content (AvgIpc) is 3.29. The third-order valence-corrected chi connectivity index (χ3v) is 3.89. The first-order valence-electron chi connectivity index (χ1n) is 7.27. The van der Waals surface area contributed by atoms with E-state index in [1.165, 1.54) is 18.5 Å². The number of aromatic nitrogens is 3. The molecule has 8 heteroatoms. The molecule has 1 fully saturated rings. The maximum Gasteiger partial charge on any atom is 0.434 e. The van der Waals surface area contributed by atoms with Crippen molar-refractivity contribution in [2.75, 3.05) is 0 Å². The Morgan fingerprint density at radius 2 is 2.04 bits per heavy atom. The fourth-order valence-corrected chi connectivity index (χ4v) is 2.60. The number of alkyl halides is 3. The summed E-state index contributed by atoms with van der Waals surface area (Å²) in [5.41, 5.74) is -1.77. The van der Waals surface area contributed by atoms with Crippen molar-refractivity contribution in [2.24, 2.45) is 0 Å². The highest BCUT2D eigenvalue weighted by Gasteiger charge is 2.40. The Bertz CT molecular complexity index is 945. The molecule has 1 aliphatic carbocycles. The third kappa shape index (κ3) is 2.44. The predicted molar refractivity (Wildman–Crippen MR) is 76.5 cm³/mol. The molecular weight excluding hydrogens is 323 g/mol. The number of hydrogen-bond donors (Lipinski definition) is 0. The van der Waals surface area contributed by atoms with Crippen molar-refractivity contribution in [3.63, 3.8) is 0 Å². The molecule has 122 valence electrons. The first-order valence-corrected chi connectivity index (χ1v) is 7.27. The van der Waals surface area contributed by atoms with E-state index < -0.39 is 23.2 Å². The molecule has 0 aromatic carbocycles. The summed E-state index contributed by atoms with van der Waals surface area (Å²) in [6.07, 6.45) is -0.581. The van der Waals surface area contributed by atoms with E-state index in [1.807, 2.05) is 0 Å². The highest BCUT2D eigenvalue weighted by Crippen LogP contribution is 2.42. The van der Waals surface area contributed by atoms with Gasteiger partial charge in [0, 0.05) is 17.5 Å². The van der Waals surface area contributed by atoms with E-state index in [4.69, 9.17) is 4.52 Å². The molecule has 1 saturated carbocycles. The van der Waals surface area contributed by atoms with Gasteiger partial charge in [0.05, 0.1) is 17.3 Å². The highest BCUT2D eigenvalue weighted by atomic mass is 19.4. The minimum atomic E-state index is -4.77. The molecule has 0 N–H and O–H groups in total. The number of halogens is 3. The van der Waals surface area contributed by atoms with E-state index in [0.717, 1.165) is 12.8 Å². The molecule has 0 spiro atoms. The summed E-state index contributed by atoms with van der Waals surface area (Å²) in [6.45, 7) is 0. The molecular formula is C16H10F3N3O2. The molecule has 0 bridgehead atoms. The second kappa shape index (κ2) is 5.12. The zero-order valence-corrected chi connectivity index (χ0v) is 12.2. The fourth-order valence-electron chi connectivity index (χ4n) is 2.60. The minimum absolute atomic E-state index is 0.0517. The normalized spacial score (nSPS) is 15.0. The van der Waals surface area contributed by atoms with E-state index in [0.29, 0.717) is 11.1 Å². The first kappa shape index (κ1) is 14.8. The molecule has 3 aromatic heterocycles. The van der Waals surface area contributed by atoms with Crippen LogP contribution in [0.25, 0.3) is 11.0 Å². The largest absolute Gasteiger partial charge is 0.434 e. The fraction of sp³-hybridized carbons (Fsp3) is 0.250. The van der Waals surface area contributed by atoms with Gasteiger partial charge >= 0.3 is 6.18 Å². The van der Waals surface area contributed by atoms with Gasteiger partial charge in [0.25, 0.3) is 0 Å². The summed E-state index contributed by atoms with van der Waals surface area (Å²) < 4.78 is 45.2. The van der Waals surface area contributed by atoms with Gasteiger partial charge in [0.1, 0.15) is 0 Å². The van der Waals surface area contributed by atoms with Gasteiger partial charge in [-0.2, -0.15) is 13.2 Å². The van der Waals surface area contributed by atoms with Crippen molar-refractivity contribution >= 4 is 16.8 Å². The molecule has 0 amide bonds. The Morgan fingerprint density at radius 3 is 2.75 bits per heavy atom. The van der Waals surface area contributed by atoms with Gasteiger partial charge in [-0.25, -0.2) is 9.97 Å². The monoisotopic (exact) mass is 333 g/mol. The maximum absolute atomic E-state index is 13.4. The molecule has 0 atom stereocenters. The van der Waals surface area contributed by atoms with Crippen molar-refractivity contribution in [3.05, 3.63) is 53.2 Å². The van der Waals surface area contributed by atoms with Gasteiger partial charge in [-0.15, -0.1) is 0 Å². The molecule has 1 aliphatic rings. The van der Waals surface area contributed by atoms with Crippen LogP contribution in [0, 0.1) is 0 Å². The van der Waals surface area contributed by atoms with Crippen molar-refractivity contribution in [2.45, 2.75) is 24.9 Å². The number of nitrogens with zero attached hydrogens (tertiary/aromatic N) is 3. The molecule has 24 heavy (non-hydrogen) atoms. The molecule has 3 heterocycles. The van der Waals surface area contributed by atoms with Crippen LogP contribution in [0.4, 0.5) is 13.2 Å². The Balaban J connectivity index is 1.90. The van der Waals surface area contributed by atoms with Crippen LogP contribution in [0.1, 0.15) is 46.1 Å². The predicted octanol–water partition coefficient (Wildman–Crippen LogP) is 3.75. The van der Waals surface area contributed by atoms with E-state index >= 15 is 0 Å². The van der Waals surface area contributed by atoms with Gasteiger partial charge in [-0.1, -0.05) is 5.16 Å². The van der Waals surface area contributed by atoms with Crippen LogP contribution in [0.5, 0.6) is 0 Å². The van der Waals surface area contributed by atoms with E-state index in [9.17, 15) is 18.0 Å². The second-order valence-corrected chi connectivity index (χ2v) is 5.64. The van der Waals surface area contributed by atoms with Crippen molar-refractivity contribution in [1.82, 2.24) is 15.1 Å². The van der Waals surface area contributed by atoms with Crippen molar-refractivity contribution in [1.29, 1.82) is 0 Å². The standard InChI is InChI=1S/C16H10F3N3O2/c17-16(18,19)14-10(6-9-2-1-5-20-15(9)22-14)12(23)11-7-21-24-13(11)8-3-4-8/h1-2,5-8H,3-4H2. The number of fused-ring (bicyclic) bond motifs is 1. The Labute approximate surface area is 133 Å². The Morgan fingerprint density at radius 1 is 1.25 bits per heavy atom. The number of ketones is 1. The minimum Gasteiger partial charge on any atom is -0.360 e. The van der Waals surface area contributed by atoms with Gasteiger partial charge in [0.15, 0.2) is 22.9 Å². The molecule has 5 nitrogen and oxygen atoms in total. The molecule has 0 aliphatic heterocycles. The lowest BCUT2D eigenvalue weighted by Crippen LogP contribution is -2.17. The number of rotatable bonds is 3. The van der Waals surface area contributed by atoms with Gasteiger partial charge in [-0.05, 0) is 31.0 Å². The van der Waals surface area contributed by atoms with Gasteiger partial charge < -0.3 is 4.52 Å². The molecule has 0 unspecified atom stereocenters. The first-order chi connectivity index (χ1) is 11.4. The SMILES string of the molecule is O=C(c1cc2cccnc2nc1C(F)(F)F)c1cnoc1C1CC1. The lowest BCUT2D eigenvalue weighted by Gasteiger charge is -2.12. The average molecular weight is 333 g/mol. The van der Waals surface area contributed by atoms with Crippen LogP contribution in [0.3, 0.4) is 0 Å². The molecule has 3 aromatic rings. The smallest absolute Gasteiger partial charge is 0.360 e. The number of pyridine rings is 2. The molecule has 4 rings (SSSR count). The second-order valence-electron chi connectivity index (χ2n) is 5.64. The van der Waals surface area contributed by atoms with E-state index in [1.54, 1.807) is 12.1 Å². The topological polar surface area (TPSA) is 68.9 Å². The number of hydrogen-bond acceptors (Lipinski definition) is 5. The highest BCUT2D eigenvalue weighted by molar-refractivity contribution is 6.11. The lowest BCUT2D eigenvalue weighted by atomic mass is 9.99. The summed E-state index contributed by atoms with van der Waals surface area (Å²) in [7, 11) is 0. The summed E-state index contributed by atoms with van der Waals surface area (Å²) >= 11 is 0. The number of carbonyl (C=O) groups excluding carboxylic acids is 1. The van der Waals surface area contributed by atoms with Crippen LogP contribution in [0.2, 0.25) is 0 Å². The summed E-state index contributed by atoms with van der Waals surface area (Å²) in [6, 6.07) is 4.30. The zero-order chi connectivity index (χ0) is 16.9. The zero-order valence-electron chi connectivity index (χ0n) is 12.2. The van der Waals surface area contributed by atoms with E-state index in [2.05, 4.69) is 15.1 Å². The Kier molecular flexibility index (Phi) is 3.16.